The zero-order valence-corrected chi connectivity index (χ0v) is 58.9. The van der Waals surface area contributed by atoms with Crippen LogP contribution in [0.4, 0.5) is 0 Å². The molecule has 8 N–H and O–H groups in total. The standard InChI is InChI=1S/C79H149NO10/c1-3-5-7-9-11-13-15-17-19-21-23-25-27-29-31-33-34-35-36-37-39-41-43-45-47-49-51-53-55-57-59-61-63-65-67-72(83)78(88)80-70(69-89-79-77(87)76(86)75(85)73(68-81)90-79)74(84)71(82)66-64-62-60-58-56-54-52-50-48-46-44-42-40-38-32-30-28-26-24-22-20-18-16-14-12-10-8-6-4-2/h27,29,33-34,50,52,58,60,70-77,79,81-87H,3-26,28,30-32,35-49,51,53-57,59,61-69H2,1-2H3,(H,80,88)/b29-27-,34-33-,52-50+,60-58+. The normalized spacial score (nSPS) is 18.7. The van der Waals surface area contributed by atoms with Crippen LogP contribution in [-0.2, 0) is 14.3 Å². The average molecular weight is 1270 g/mol. The van der Waals surface area contributed by atoms with Crippen LogP contribution in [0.3, 0.4) is 0 Å². The van der Waals surface area contributed by atoms with E-state index >= 15 is 0 Å². The molecule has 1 fully saturated rings. The van der Waals surface area contributed by atoms with E-state index < -0.39 is 74.2 Å². The summed E-state index contributed by atoms with van der Waals surface area (Å²) in [6.07, 6.45) is 78.0. The van der Waals surface area contributed by atoms with E-state index in [0.717, 1.165) is 44.9 Å². The number of amides is 1. The van der Waals surface area contributed by atoms with Crippen molar-refractivity contribution in [3.8, 4) is 0 Å². The molecule has 1 amide bonds. The highest BCUT2D eigenvalue weighted by atomic mass is 16.7. The molecule has 1 aliphatic heterocycles. The highest BCUT2D eigenvalue weighted by Crippen LogP contribution is 2.24. The number of carbonyl (C=O) groups excluding carboxylic acids is 1. The summed E-state index contributed by atoms with van der Waals surface area (Å²) in [6, 6.07) is -1.19. The summed E-state index contributed by atoms with van der Waals surface area (Å²) in [5, 5.41) is 76.6. The molecule has 0 spiro atoms. The van der Waals surface area contributed by atoms with Crippen LogP contribution in [-0.4, -0.2) is 110 Å². The number of unbranched alkanes of at least 4 members (excludes halogenated alkanes) is 49. The molecular formula is C79H149NO10. The number of allylic oxidation sites excluding steroid dienone is 8. The minimum absolute atomic E-state index is 0.247. The maximum atomic E-state index is 13.3. The lowest BCUT2D eigenvalue weighted by Crippen LogP contribution is -2.60. The van der Waals surface area contributed by atoms with Crippen LogP contribution < -0.4 is 5.32 Å². The molecule has 9 unspecified atom stereocenters. The fourth-order valence-corrected chi connectivity index (χ4v) is 12.6. The summed E-state index contributed by atoms with van der Waals surface area (Å²) < 4.78 is 11.2. The van der Waals surface area contributed by atoms with E-state index in [4.69, 9.17) is 9.47 Å². The molecule has 1 rings (SSSR count). The second-order valence-corrected chi connectivity index (χ2v) is 27.4. The van der Waals surface area contributed by atoms with Gasteiger partial charge in [0.15, 0.2) is 6.29 Å². The zero-order chi connectivity index (χ0) is 65.3. The van der Waals surface area contributed by atoms with Gasteiger partial charge in [-0.2, -0.15) is 0 Å². The molecule has 9 atom stereocenters. The van der Waals surface area contributed by atoms with Crippen LogP contribution >= 0.6 is 0 Å². The van der Waals surface area contributed by atoms with Gasteiger partial charge < -0.3 is 50.5 Å². The van der Waals surface area contributed by atoms with Gasteiger partial charge in [0.25, 0.3) is 0 Å². The van der Waals surface area contributed by atoms with Crippen LogP contribution in [0, 0.1) is 0 Å². The highest BCUT2D eigenvalue weighted by Gasteiger charge is 2.44. The third kappa shape index (κ3) is 53.3. The van der Waals surface area contributed by atoms with Crippen LogP contribution in [0.5, 0.6) is 0 Å². The molecule has 1 saturated heterocycles. The summed E-state index contributed by atoms with van der Waals surface area (Å²) in [6.45, 7) is 3.50. The summed E-state index contributed by atoms with van der Waals surface area (Å²) >= 11 is 0. The Kier molecular flexibility index (Phi) is 64.1. The summed E-state index contributed by atoms with van der Waals surface area (Å²) in [5.74, 6) is -0.705. The minimum atomic E-state index is -1.67. The van der Waals surface area contributed by atoms with Crippen LogP contribution in [0.25, 0.3) is 0 Å². The van der Waals surface area contributed by atoms with Gasteiger partial charge in [-0.1, -0.05) is 345 Å². The second kappa shape index (κ2) is 67.1. The largest absolute Gasteiger partial charge is 0.394 e. The smallest absolute Gasteiger partial charge is 0.249 e. The number of rotatable bonds is 69. The minimum Gasteiger partial charge on any atom is -0.394 e. The first-order chi connectivity index (χ1) is 44.2. The zero-order valence-electron chi connectivity index (χ0n) is 58.9. The molecule has 90 heavy (non-hydrogen) atoms. The van der Waals surface area contributed by atoms with Gasteiger partial charge in [-0.15, -0.1) is 0 Å². The van der Waals surface area contributed by atoms with Crippen molar-refractivity contribution in [3.05, 3.63) is 48.6 Å². The number of carbonyl (C=O) groups is 1. The predicted octanol–water partition coefficient (Wildman–Crippen LogP) is 19.9. The van der Waals surface area contributed by atoms with E-state index in [1.165, 1.54) is 289 Å². The molecule has 530 valence electrons. The molecular weight excluding hydrogens is 1120 g/mol. The average Bonchev–Trinajstić information content (AvgIpc) is 1.22. The lowest BCUT2D eigenvalue weighted by Gasteiger charge is -2.40. The Morgan fingerprint density at radius 1 is 0.389 bits per heavy atom. The third-order valence-electron chi connectivity index (χ3n) is 18.8. The Bertz CT molecular complexity index is 1610. The first-order valence-corrected chi connectivity index (χ1v) is 39.0. The summed E-state index contributed by atoms with van der Waals surface area (Å²) in [5.41, 5.74) is 0. The van der Waals surface area contributed by atoms with Crippen molar-refractivity contribution in [1.82, 2.24) is 5.32 Å². The molecule has 11 heteroatoms. The van der Waals surface area contributed by atoms with Crippen molar-refractivity contribution < 1.29 is 50.0 Å². The van der Waals surface area contributed by atoms with Gasteiger partial charge in [0.05, 0.1) is 25.4 Å². The van der Waals surface area contributed by atoms with E-state index in [-0.39, 0.29) is 12.8 Å². The summed E-state index contributed by atoms with van der Waals surface area (Å²) in [4.78, 5) is 13.3. The van der Waals surface area contributed by atoms with Gasteiger partial charge in [-0.3, -0.25) is 4.79 Å². The molecule has 1 heterocycles. The van der Waals surface area contributed by atoms with E-state index in [2.05, 4.69) is 67.8 Å². The number of aliphatic hydroxyl groups is 7. The molecule has 0 aromatic heterocycles. The van der Waals surface area contributed by atoms with Gasteiger partial charge >= 0.3 is 0 Å². The molecule has 11 nitrogen and oxygen atoms in total. The van der Waals surface area contributed by atoms with E-state index in [1.54, 1.807) is 0 Å². The van der Waals surface area contributed by atoms with Gasteiger partial charge in [0, 0.05) is 0 Å². The second-order valence-electron chi connectivity index (χ2n) is 27.4. The molecule has 0 aromatic carbocycles. The number of nitrogens with one attached hydrogen (secondary N) is 1. The van der Waals surface area contributed by atoms with Crippen molar-refractivity contribution in [2.24, 2.45) is 0 Å². The van der Waals surface area contributed by atoms with E-state index in [0.29, 0.717) is 19.3 Å². The van der Waals surface area contributed by atoms with Crippen molar-refractivity contribution in [2.75, 3.05) is 13.2 Å². The maximum absolute atomic E-state index is 13.3. The quantitative estimate of drug-likeness (QED) is 0.0215. The lowest BCUT2D eigenvalue weighted by molar-refractivity contribution is -0.303. The van der Waals surface area contributed by atoms with E-state index in [9.17, 15) is 40.5 Å². The maximum Gasteiger partial charge on any atom is 0.249 e. The SMILES string of the molecule is CCCCCCCCCCCCC/C=C\C/C=C\CCCCCCCCCCCCCCCCCCC(O)C(=O)NC(COC1OC(CO)C(O)C(O)C1O)C(O)C(O)CCC/C=C/CC/C=C/CCCCCCCCCCCCCCCCCCCCCC. The van der Waals surface area contributed by atoms with Gasteiger partial charge in [0.2, 0.25) is 5.91 Å². The fraction of sp³-hybridized carbons (Fsp3) is 0.886. The van der Waals surface area contributed by atoms with Crippen molar-refractivity contribution >= 4 is 5.91 Å². The summed E-state index contributed by atoms with van der Waals surface area (Å²) in [7, 11) is 0. The Hall–Kier alpha value is -1.93. The van der Waals surface area contributed by atoms with Gasteiger partial charge in [-0.25, -0.2) is 0 Å². The van der Waals surface area contributed by atoms with Crippen LogP contribution in [0.2, 0.25) is 0 Å². The van der Waals surface area contributed by atoms with Crippen LogP contribution in [0.1, 0.15) is 380 Å². The Labute approximate surface area is 555 Å². The van der Waals surface area contributed by atoms with Gasteiger partial charge in [0.1, 0.15) is 36.6 Å². The Morgan fingerprint density at radius 3 is 1.06 bits per heavy atom. The predicted molar refractivity (Wildman–Crippen MR) is 381 cm³/mol. The van der Waals surface area contributed by atoms with Crippen molar-refractivity contribution in [2.45, 2.75) is 435 Å². The first kappa shape index (κ1) is 86.1. The van der Waals surface area contributed by atoms with E-state index in [1.807, 2.05) is 0 Å². The van der Waals surface area contributed by atoms with Crippen molar-refractivity contribution in [3.63, 3.8) is 0 Å². The highest BCUT2D eigenvalue weighted by molar-refractivity contribution is 5.80. The molecule has 0 aliphatic carbocycles. The lowest BCUT2D eigenvalue weighted by atomic mass is 9.98. The molecule has 1 aliphatic rings. The monoisotopic (exact) mass is 1270 g/mol. The first-order valence-electron chi connectivity index (χ1n) is 39.0. The third-order valence-corrected chi connectivity index (χ3v) is 18.8. The van der Waals surface area contributed by atoms with Crippen LogP contribution in [0.15, 0.2) is 48.6 Å². The number of hydrogen-bond donors (Lipinski definition) is 8. The molecule has 0 saturated carbocycles. The van der Waals surface area contributed by atoms with Crippen molar-refractivity contribution in [1.29, 1.82) is 0 Å². The molecule has 0 bridgehead atoms. The number of hydrogen-bond acceptors (Lipinski definition) is 10. The molecule has 0 radical (unpaired) electrons. The topological polar surface area (TPSA) is 189 Å². The Morgan fingerprint density at radius 2 is 0.700 bits per heavy atom. The number of ether oxygens (including phenoxy) is 2. The fourth-order valence-electron chi connectivity index (χ4n) is 12.6. The van der Waals surface area contributed by atoms with Gasteiger partial charge in [-0.05, 0) is 83.5 Å². The number of aliphatic hydroxyl groups excluding tert-OH is 7. The molecule has 0 aromatic rings. The Balaban J connectivity index is 2.17.